The molecule has 0 N–H and O–H groups in total. The smallest absolute Gasteiger partial charge is 0.118 e. The Kier molecular flexibility index (Phi) is 3.52. The molecule has 2 rings (SSSR count). The monoisotopic (exact) mass is 240 g/mol. The molecule has 1 fully saturated rings. The maximum Gasteiger partial charge on any atom is 0.118 e. The topological polar surface area (TPSA) is 9.23 Å². The molecule has 1 nitrogen and oxygen atoms in total. The average molecular weight is 240 g/mol. The predicted molar refractivity (Wildman–Crippen MR) is 69.2 cm³/mol. The molecule has 0 radical (unpaired) electrons. The minimum absolute atomic E-state index is 0.535. The van der Waals surface area contributed by atoms with E-state index in [4.69, 9.17) is 4.74 Å². The summed E-state index contributed by atoms with van der Waals surface area (Å²) in [5.74, 6) is 3.15. The Labute approximate surface area is 101 Å². The summed E-state index contributed by atoms with van der Waals surface area (Å²) < 4.78 is 5.13. The molecule has 0 bridgehead atoms. The molecular formula is C12H16OS2. The molecular weight excluding hydrogens is 224 g/mol. The lowest BCUT2D eigenvalue weighted by Gasteiger charge is -2.10. The third kappa shape index (κ3) is 2.85. The molecule has 0 saturated heterocycles. The molecule has 1 saturated carbocycles. The van der Waals surface area contributed by atoms with Crippen LogP contribution in [0.1, 0.15) is 12.8 Å². The molecule has 0 spiro atoms. The number of ether oxygens (including phenoxy) is 1. The zero-order valence-electron chi connectivity index (χ0n) is 8.90. The Morgan fingerprint density at radius 1 is 1.33 bits per heavy atom. The van der Waals surface area contributed by atoms with Crippen molar-refractivity contribution in [2.24, 2.45) is 5.41 Å². The first-order valence-corrected chi connectivity index (χ1v) is 6.78. The zero-order chi connectivity index (χ0) is 10.7. The molecule has 0 amide bonds. The fourth-order valence-electron chi connectivity index (χ4n) is 1.43. The minimum Gasteiger partial charge on any atom is -0.497 e. The van der Waals surface area contributed by atoms with Gasteiger partial charge < -0.3 is 4.74 Å². The first-order chi connectivity index (χ1) is 7.28. The van der Waals surface area contributed by atoms with Crippen LogP contribution in [0.2, 0.25) is 0 Å². The van der Waals surface area contributed by atoms with E-state index in [1.165, 1.54) is 23.5 Å². The van der Waals surface area contributed by atoms with Gasteiger partial charge in [0.1, 0.15) is 5.75 Å². The molecule has 1 aliphatic rings. The van der Waals surface area contributed by atoms with Crippen molar-refractivity contribution in [3.05, 3.63) is 24.3 Å². The molecule has 82 valence electrons. The highest BCUT2D eigenvalue weighted by molar-refractivity contribution is 7.99. The highest BCUT2D eigenvalue weighted by Gasteiger charge is 2.40. The minimum atomic E-state index is 0.535. The van der Waals surface area contributed by atoms with Crippen molar-refractivity contribution in [1.82, 2.24) is 0 Å². The van der Waals surface area contributed by atoms with Crippen molar-refractivity contribution in [3.8, 4) is 5.75 Å². The lowest BCUT2D eigenvalue weighted by Crippen LogP contribution is -2.05. The number of hydrogen-bond donors (Lipinski definition) is 1. The molecule has 3 heteroatoms. The summed E-state index contributed by atoms with van der Waals surface area (Å²) in [7, 11) is 1.70. The summed E-state index contributed by atoms with van der Waals surface area (Å²) in [4.78, 5) is 1.32. The van der Waals surface area contributed by atoms with E-state index < -0.39 is 0 Å². The second-order valence-electron chi connectivity index (χ2n) is 4.12. The lowest BCUT2D eigenvalue weighted by molar-refractivity contribution is 0.414. The molecule has 0 atom stereocenters. The highest BCUT2D eigenvalue weighted by Crippen LogP contribution is 2.49. The van der Waals surface area contributed by atoms with Gasteiger partial charge in [-0.15, -0.1) is 11.8 Å². The number of thioether (sulfide) groups is 1. The Hall–Kier alpha value is -0.280. The number of methoxy groups -OCH3 is 1. The van der Waals surface area contributed by atoms with E-state index in [0.29, 0.717) is 5.41 Å². The quantitative estimate of drug-likeness (QED) is 0.623. The van der Waals surface area contributed by atoms with Crippen molar-refractivity contribution in [2.45, 2.75) is 17.7 Å². The fraction of sp³-hybridized carbons (Fsp3) is 0.500. The van der Waals surface area contributed by atoms with Gasteiger partial charge in [-0.25, -0.2) is 0 Å². The van der Waals surface area contributed by atoms with E-state index in [1.807, 2.05) is 23.9 Å². The van der Waals surface area contributed by atoms with Crippen molar-refractivity contribution in [1.29, 1.82) is 0 Å². The standard InChI is InChI=1S/C12H16OS2/c1-13-10-2-4-11(5-3-10)15-9-12(8-14)6-7-12/h2-5,14H,6-9H2,1H3. The van der Waals surface area contributed by atoms with Gasteiger partial charge in [0.05, 0.1) is 7.11 Å². The summed E-state index contributed by atoms with van der Waals surface area (Å²) in [5, 5.41) is 0. The van der Waals surface area contributed by atoms with Gasteiger partial charge in [0, 0.05) is 10.6 Å². The third-order valence-corrected chi connectivity index (χ3v) is 4.93. The van der Waals surface area contributed by atoms with Crippen molar-refractivity contribution < 1.29 is 4.74 Å². The van der Waals surface area contributed by atoms with Crippen LogP contribution in [-0.2, 0) is 0 Å². The molecule has 0 aromatic heterocycles. The predicted octanol–water partition coefficient (Wildman–Crippen LogP) is 3.50. The van der Waals surface area contributed by atoms with Gasteiger partial charge in [-0.05, 0) is 48.3 Å². The fourth-order valence-corrected chi connectivity index (χ4v) is 3.20. The number of rotatable bonds is 5. The maximum absolute atomic E-state index is 5.13. The van der Waals surface area contributed by atoms with Gasteiger partial charge in [-0.1, -0.05) is 0 Å². The van der Waals surface area contributed by atoms with Gasteiger partial charge in [0.25, 0.3) is 0 Å². The second-order valence-corrected chi connectivity index (χ2v) is 5.49. The average Bonchev–Trinajstić information content (AvgIpc) is 3.08. The molecule has 0 heterocycles. The normalized spacial score (nSPS) is 17.5. The molecule has 1 aromatic carbocycles. The summed E-state index contributed by atoms with van der Waals surface area (Å²) in [5.41, 5.74) is 0.535. The Balaban J connectivity index is 1.88. The summed E-state index contributed by atoms with van der Waals surface area (Å²) >= 11 is 6.34. The number of thiol groups is 1. The summed E-state index contributed by atoms with van der Waals surface area (Å²) in [6.45, 7) is 0. The first-order valence-electron chi connectivity index (χ1n) is 5.16. The SMILES string of the molecule is COc1ccc(SCC2(CS)CC2)cc1. The van der Waals surface area contributed by atoms with E-state index in [9.17, 15) is 0 Å². The molecule has 0 unspecified atom stereocenters. The Morgan fingerprint density at radius 3 is 2.47 bits per heavy atom. The van der Waals surface area contributed by atoms with Gasteiger partial charge in [0.2, 0.25) is 0 Å². The van der Waals surface area contributed by atoms with Gasteiger partial charge >= 0.3 is 0 Å². The lowest BCUT2D eigenvalue weighted by atomic mass is 10.2. The van der Waals surface area contributed by atoms with E-state index in [0.717, 1.165) is 11.5 Å². The van der Waals surface area contributed by atoms with Gasteiger partial charge in [-0.2, -0.15) is 12.6 Å². The van der Waals surface area contributed by atoms with E-state index in [2.05, 4.69) is 24.8 Å². The van der Waals surface area contributed by atoms with Crippen LogP contribution in [0.5, 0.6) is 5.75 Å². The second kappa shape index (κ2) is 4.71. The van der Waals surface area contributed by atoms with Crippen molar-refractivity contribution in [2.75, 3.05) is 18.6 Å². The van der Waals surface area contributed by atoms with E-state index >= 15 is 0 Å². The van der Waals surface area contributed by atoms with Crippen LogP contribution >= 0.6 is 24.4 Å². The first kappa shape index (κ1) is 11.2. The largest absolute Gasteiger partial charge is 0.497 e. The van der Waals surface area contributed by atoms with Crippen LogP contribution in [0.3, 0.4) is 0 Å². The van der Waals surface area contributed by atoms with E-state index in [1.54, 1.807) is 7.11 Å². The van der Waals surface area contributed by atoms with Crippen LogP contribution in [0.25, 0.3) is 0 Å². The molecule has 1 aromatic rings. The maximum atomic E-state index is 5.13. The Morgan fingerprint density at radius 2 is 2.00 bits per heavy atom. The Bertz CT molecular complexity index is 317. The van der Waals surface area contributed by atoms with Crippen LogP contribution in [0, 0.1) is 5.41 Å². The van der Waals surface area contributed by atoms with E-state index in [-0.39, 0.29) is 0 Å². The van der Waals surface area contributed by atoms with Crippen LogP contribution in [0.15, 0.2) is 29.2 Å². The van der Waals surface area contributed by atoms with Gasteiger partial charge in [0.15, 0.2) is 0 Å². The summed E-state index contributed by atoms with van der Waals surface area (Å²) in [6.07, 6.45) is 2.69. The summed E-state index contributed by atoms with van der Waals surface area (Å²) in [6, 6.07) is 8.28. The zero-order valence-corrected chi connectivity index (χ0v) is 10.6. The third-order valence-electron chi connectivity index (χ3n) is 2.90. The number of benzene rings is 1. The van der Waals surface area contributed by atoms with Crippen LogP contribution in [-0.4, -0.2) is 18.6 Å². The molecule has 1 aliphatic carbocycles. The van der Waals surface area contributed by atoms with Gasteiger partial charge in [-0.3, -0.25) is 0 Å². The highest BCUT2D eigenvalue weighted by atomic mass is 32.2. The van der Waals surface area contributed by atoms with Crippen molar-refractivity contribution >= 4 is 24.4 Å². The van der Waals surface area contributed by atoms with Crippen LogP contribution in [0.4, 0.5) is 0 Å². The van der Waals surface area contributed by atoms with Crippen molar-refractivity contribution in [3.63, 3.8) is 0 Å². The molecule has 15 heavy (non-hydrogen) atoms. The number of hydrogen-bond acceptors (Lipinski definition) is 3. The molecule has 0 aliphatic heterocycles. The van der Waals surface area contributed by atoms with Crippen LogP contribution < -0.4 is 4.74 Å².